The largest absolute Gasteiger partial charge is 0.497 e. The molecule has 0 aliphatic rings. The molecule has 0 aliphatic heterocycles. The van der Waals surface area contributed by atoms with Crippen molar-refractivity contribution < 1.29 is 9.47 Å². The fourth-order valence-electron chi connectivity index (χ4n) is 3.56. The number of pyridine rings is 3. The van der Waals surface area contributed by atoms with Crippen LogP contribution in [-0.2, 0) is 0 Å². The van der Waals surface area contributed by atoms with Gasteiger partial charge in [0.2, 0.25) is 5.88 Å². The Labute approximate surface area is 177 Å². The molecule has 4 heterocycles. The van der Waals surface area contributed by atoms with Crippen molar-refractivity contribution in [3.63, 3.8) is 0 Å². The summed E-state index contributed by atoms with van der Waals surface area (Å²) in [6, 6.07) is 16.6. The Morgan fingerprint density at radius 1 is 1.03 bits per heavy atom. The molecule has 0 saturated heterocycles. The molecule has 4 aromatic heterocycles. The summed E-state index contributed by atoms with van der Waals surface area (Å²) in [5.41, 5.74) is 3.04. The zero-order valence-electron chi connectivity index (χ0n) is 17.0. The van der Waals surface area contributed by atoms with Crippen LogP contribution in [-0.4, -0.2) is 37.9 Å². The third-order valence-electron chi connectivity index (χ3n) is 5.05. The first-order valence-electron chi connectivity index (χ1n) is 9.82. The lowest BCUT2D eigenvalue weighted by molar-refractivity contribution is 0.328. The van der Waals surface area contributed by atoms with Crippen LogP contribution in [0.4, 0.5) is 0 Å². The number of nitrogens with zero attached hydrogens (tertiary/aromatic N) is 5. The lowest BCUT2D eigenvalue weighted by atomic mass is 10.1. The Hall–Kier alpha value is -4.20. The highest BCUT2D eigenvalue weighted by Crippen LogP contribution is 2.25. The Morgan fingerprint density at radius 2 is 1.87 bits per heavy atom. The van der Waals surface area contributed by atoms with Crippen molar-refractivity contribution in [1.82, 2.24) is 24.1 Å². The topological polar surface area (TPSA) is 83.5 Å². The molecule has 0 bridgehead atoms. The van der Waals surface area contributed by atoms with Gasteiger partial charge in [0.1, 0.15) is 12.1 Å². The van der Waals surface area contributed by atoms with E-state index in [4.69, 9.17) is 9.47 Å². The van der Waals surface area contributed by atoms with E-state index in [1.165, 1.54) is 0 Å². The second-order valence-corrected chi connectivity index (χ2v) is 6.91. The Morgan fingerprint density at radius 3 is 2.65 bits per heavy atom. The summed E-state index contributed by atoms with van der Waals surface area (Å²) in [6.07, 6.45) is 3.45. The number of hydrogen-bond acceptors (Lipinski definition) is 6. The van der Waals surface area contributed by atoms with E-state index in [0.29, 0.717) is 40.8 Å². The molecule has 0 atom stereocenters. The van der Waals surface area contributed by atoms with Crippen molar-refractivity contribution in [2.45, 2.75) is 6.92 Å². The minimum atomic E-state index is -0.189. The smallest absolute Gasteiger partial charge is 0.264 e. The molecular formula is C23H19N5O3. The number of rotatable bonds is 5. The third-order valence-corrected chi connectivity index (χ3v) is 5.05. The van der Waals surface area contributed by atoms with E-state index in [1.807, 2.05) is 61.7 Å². The first-order valence-corrected chi connectivity index (χ1v) is 9.82. The zero-order chi connectivity index (χ0) is 21.4. The van der Waals surface area contributed by atoms with Crippen LogP contribution in [0, 0.1) is 0 Å². The summed E-state index contributed by atoms with van der Waals surface area (Å²) < 4.78 is 14.2. The Bertz CT molecular complexity index is 1450. The molecule has 0 spiro atoms. The van der Waals surface area contributed by atoms with Gasteiger partial charge in [0.25, 0.3) is 5.56 Å². The second-order valence-electron chi connectivity index (χ2n) is 6.91. The van der Waals surface area contributed by atoms with Gasteiger partial charge in [-0.05, 0) is 55.5 Å². The molecule has 0 amide bonds. The summed E-state index contributed by atoms with van der Waals surface area (Å²) in [4.78, 5) is 18.3. The van der Waals surface area contributed by atoms with Gasteiger partial charge in [0.15, 0.2) is 11.3 Å². The average Bonchev–Trinajstić information content (AvgIpc) is 3.27. The predicted octanol–water partition coefficient (Wildman–Crippen LogP) is 3.50. The van der Waals surface area contributed by atoms with Gasteiger partial charge in [-0.15, -0.1) is 10.2 Å². The maximum Gasteiger partial charge on any atom is 0.264 e. The Balaban J connectivity index is 1.80. The van der Waals surface area contributed by atoms with Crippen LogP contribution in [0.2, 0.25) is 0 Å². The molecular weight excluding hydrogens is 394 g/mol. The lowest BCUT2D eigenvalue weighted by Gasteiger charge is -2.14. The number of ether oxygens (including phenoxy) is 2. The van der Waals surface area contributed by atoms with Crippen LogP contribution in [0.5, 0.6) is 11.6 Å². The van der Waals surface area contributed by atoms with E-state index in [-0.39, 0.29) is 5.56 Å². The third kappa shape index (κ3) is 3.28. The van der Waals surface area contributed by atoms with Crippen molar-refractivity contribution in [2.24, 2.45) is 0 Å². The minimum Gasteiger partial charge on any atom is -0.497 e. The molecule has 5 aromatic rings. The number of aromatic nitrogens is 5. The van der Waals surface area contributed by atoms with Crippen molar-refractivity contribution in [3.8, 4) is 28.4 Å². The summed E-state index contributed by atoms with van der Waals surface area (Å²) in [6.45, 7) is 2.38. The van der Waals surface area contributed by atoms with Crippen molar-refractivity contribution in [3.05, 3.63) is 77.5 Å². The van der Waals surface area contributed by atoms with E-state index in [0.717, 1.165) is 10.9 Å². The minimum absolute atomic E-state index is 0.189. The molecule has 0 radical (unpaired) electrons. The van der Waals surface area contributed by atoms with Crippen LogP contribution in [0.3, 0.4) is 0 Å². The number of benzene rings is 1. The van der Waals surface area contributed by atoms with E-state index in [9.17, 15) is 4.79 Å². The highest BCUT2D eigenvalue weighted by molar-refractivity contribution is 5.83. The zero-order valence-corrected chi connectivity index (χ0v) is 17.0. The molecule has 5 rings (SSSR count). The van der Waals surface area contributed by atoms with Gasteiger partial charge in [-0.2, -0.15) is 4.98 Å². The van der Waals surface area contributed by atoms with E-state index in [1.54, 1.807) is 28.5 Å². The molecule has 0 unspecified atom stereocenters. The first-order chi connectivity index (χ1) is 15.2. The van der Waals surface area contributed by atoms with Crippen LogP contribution < -0.4 is 15.0 Å². The van der Waals surface area contributed by atoms with E-state index in [2.05, 4.69) is 15.2 Å². The number of methoxy groups -OCH3 is 1. The van der Waals surface area contributed by atoms with Crippen molar-refractivity contribution >= 4 is 16.7 Å². The van der Waals surface area contributed by atoms with Crippen molar-refractivity contribution in [1.29, 1.82) is 0 Å². The van der Waals surface area contributed by atoms with Crippen LogP contribution >= 0.6 is 0 Å². The fourth-order valence-corrected chi connectivity index (χ4v) is 3.56. The highest BCUT2D eigenvalue weighted by atomic mass is 16.5. The maximum atomic E-state index is 13.7. The molecule has 1 aromatic carbocycles. The predicted molar refractivity (Wildman–Crippen MR) is 117 cm³/mol. The van der Waals surface area contributed by atoms with Gasteiger partial charge >= 0.3 is 0 Å². The monoisotopic (exact) mass is 413 g/mol. The fraction of sp³-hybridized carbons (Fsp3) is 0.130. The summed E-state index contributed by atoms with van der Waals surface area (Å²) in [5, 5.41) is 8.76. The van der Waals surface area contributed by atoms with Gasteiger partial charge in [0.05, 0.1) is 19.4 Å². The maximum absolute atomic E-state index is 13.7. The summed E-state index contributed by atoms with van der Waals surface area (Å²) in [5.74, 6) is 1.17. The van der Waals surface area contributed by atoms with Gasteiger partial charge < -0.3 is 9.47 Å². The first kappa shape index (κ1) is 18.8. The number of fused-ring (bicyclic) bond motifs is 2. The number of hydrogen-bond donors (Lipinski definition) is 0. The molecule has 154 valence electrons. The van der Waals surface area contributed by atoms with E-state index < -0.39 is 0 Å². The SMILES string of the molecule is CCOc1ccc2cc(-c3ccc4nncn4c3)c(=O)n(-c3ccc(OC)cc3)c2n1. The normalized spacial score (nSPS) is 11.2. The molecule has 0 fully saturated rings. The van der Waals surface area contributed by atoms with Crippen molar-refractivity contribution in [2.75, 3.05) is 13.7 Å². The van der Waals surface area contributed by atoms with Gasteiger partial charge in [-0.3, -0.25) is 13.8 Å². The standard InChI is InChI=1S/C23H19N5O3/c1-3-31-21-11-5-15-12-19(16-4-10-20-26-24-14-27(20)13-16)23(29)28(22(15)25-21)17-6-8-18(30-2)9-7-17/h4-14H,3H2,1-2H3. The quantitative estimate of drug-likeness (QED) is 0.439. The summed E-state index contributed by atoms with van der Waals surface area (Å²) >= 11 is 0. The summed E-state index contributed by atoms with van der Waals surface area (Å²) in [7, 11) is 1.61. The second kappa shape index (κ2) is 7.56. The Kier molecular flexibility index (Phi) is 4.59. The lowest BCUT2D eigenvalue weighted by Crippen LogP contribution is -2.21. The molecule has 31 heavy (non-hydrogen) atoms. The molecule has 0 saturated carbocycles. The molecule has 8 nitrogen and oxygen atoms in total. The van der Waals surface area contributed by atoms with E-state index >= 15 is 0 Å². The van der Waals surface area contributed by atoms with Gasteiger partial charge in [-0.1, -0.05) is 0 Å². The van der Waals surface area contributed by atoms with Gasteiger partial charge in [0, 0.05) is 28.8 Å². The average molecular weight is 413 g/mol. The van der Waals surface area contributed by atoms with Crippen LogP contribution in [0.1, 0.15) is 6.92 Å². The molecule has 0 aliphatic carbocycles. The molecule has 0 N–H and O–H groups in total. The van der Waals surface area contributed by atoms with Crippen LogP contribution in [0.15, 0.2) is 71.9 Å². The van der Waals surface area contributed by atoms with Crippen LogP contribution in [0.25, 0.3) is 33.5 Å². The van der Waals surface area contributed by atoms with Gasteiger partial charge in [-0.25, -0.2) is 0 Å². The molecule has 8 heteroatoms. The highest BCUT2D eigenvalue weighted by Gasteiger charge is 2.15.